The molecule has 0 saturated heterocycles. The van der Waals surface area contributed by atoms with E-state index >= 15 is 0 Å². The Balaban J connectivity index is 1.51. The van der Waals surface area contributed by atoms with E-state index in [-0.39, 0.29) is 5.91 Å². The Morgan fingerprint density at radius 1 is 1.10 bits per heavy atom. The maximum Gasteiger partial charge on any atom is 0.224 e. The minimum absolute atomic E-state index is 0.0529. The molecule has 0 spiro atoms. The van der Waals surface area contributed by atoms with Crippen molar-refractivity contribution in [2.75, 3.05) is 11.9 Å². The van der Waals surface area contributed by atoms with Gasteiger partial charge in [0, 0.05) is 36.5 Å². The molecule has 152 valence electrons. The molecule has 0 aliphatic carbocycles. The molecule has 5 rings (SSSR count). The van der Waals surface area contributed by atoms with Crippen LogP contribution in [0.5, 0.6) is 0 Å². The van der Waals surface area contributed by atoms with Crippen LogP contribution in [0.4, 0.5) is 5.00 Å². The number of anilines is 1. The molecule has 2 aromatic carbocycles. The van der Waals surface area contributed by atoms with E-state index in [0.717, 1.165) is 47.1 Å². The van der Waals surface area contributed by atoms with Gasteiger partial charge in [-0.1, -0.05) is 49.4 Å². The van der Waals surface area contributed by atoms with E-state index in [1.165, 1.54) is 20.7 Å². The average molecular weight is 434 g/mol. The fourth-order valence-corrected chi connectivity index (χ4v) is 6.36. The van der Waals surface area contributed by atoms with Crippen LogP contribution in [0.2, 0.25) is 0 Å². The molecule has 1 aliphatic heterocycles. The molecule has 6 heteroatoms. The van der Waals surface area contributed by atoms with Gasteiger partial charge in [-0.2, -0.15) is 0 Å². The maximum atomic E-state index is 12.2. The van der Waals surface area contributed by atoms with Crippen molar-refractivity contribution in [2.24, 2.45) is 0 Å². The highest BCUT2D eigenvalue weighted by Gasteiger charge is 2.27. The summed E-state index contributed by atoms with van der Waals surface area (Å²) in [6, 6.07) is 18.9. The van der Waals surface area contributed by atoms with Crippen molar-refractivity contribution < 1.29 is 4.79 Å². The fraction of sp³-hybridized carbons (Fsp3) is 0.250. The van der Waals surface area contributed by atoms with Crippen molar-refractivity contribution >= 4 is 43.8 Å². The number of thiophene rings is 1. The van der Waals surface area contributed by atoms with E-state index in [4.69, 9.17) is 4.98 Å². The summed E-state index contributed by atoms with van der Waals surface area (Å²) in [6.45, 7) is 4.76. The molecule has 0 radical (unpaired) electrons. The molecule has 0 fully saturated rings. The topological polar surface area (TPSA) is 45.2 Å². The Morgan fingerprint density at radius 3 is 2.70 bits per heavy atom. The molecule has 30 heavy (non-hydrogen) atoms. The second-order valence-corrected chi connectivity index (χ2v) is 9.68. The number of para-hydroxylation sites is 1. The SMILES string of the molecule is CCC(=O)Nc1sc2c(c1-c1nc3ccccc3s1)CCN(Cc1ccccc1)C2. The summed E-state index contributed by atoms with van der Waals surface area (Å²) in [6.07, 6.45) is 1.45. The van der Waals surface area contributed by atoms with Crippen molar-refractivity contribution in [3.05, 3.63) is 70.6 Å². The molecular formula is C24H23N3OS2. The number of carbonyl (C=O) groups excluding carboxylic acids is 1. The van der Waals surface area contributed by atoms with Crippen molar-refractivity contribution in [1.82, 2.24) is 9.88 Å². The first-order chi connectivity index (χ1) is 14.7. The van der Waals surface area contributed by atoms with E-state index in [0.29, 0.717) is 6.42 Å². The van der Waals surface area contributed by atoms with Crippen molar-refractivity contribution in [3.63, 3.8) is 0 Å². The Bertz CT molecular complexity index is 1160. The Morgan fingerprint density at radius 2 is 1.90 bits per heavy atom. The molecule has 3 heterocycles. The minimum Gasteiger partial charge on any atom is -0.317 e. The van der Waals surface area contributed by atoms with Crippen molar-refractivity contribution in [1.29, 1.82) is 0 Å². The number of nitrogens with one attached hydrogen (secondary N) is 1. The smallest absolute Gasteiger partial charge is 0.224 e. The number of rotatable bonds is 5. The number of amides is 1. The summed E-state index contributed by atoms with van der Waals surface area (Å²) in [5, 5.41) is 5.11. The predicted octanol–water partition coefficient (Wildman–Crippen LogP) is 5.93. The summed E-state index contributed by atoms with van der Waals surface area (Å²) >= 11 is 3.43. The number of hydrogen-bond donors (Lipinski definition) is 1. The summed E-state index contributed by atoms with van der Waals surface area (Å²) in [4.78, 5) is 21.0. The van der Waals surface area contributed by atoms with E-state index in [1.807, 2.05) is 13.0 Å². The first-order valence-corrected chi connectivity index (χ1v) is 11.9. The van der Waals surface area contributed by atoms with E-state index < -0.39 is 0 Å². The summed E-state index contributed by atoms with van der Waals surface area (Å²) in [5.41, 5.74) is 4.85. The van der Waals surface area contributed by atoms with Gasteiger partial charge in [0.15, 0.2) is 0 Å². The van der Waals surface area contributed by atoms with Gasteiger partial charge in [0.2, 0.25) is 5.91 Å². The second kappa shape index (κ2) is 8.30. The quantitative estimate of drug-likeness (QED) is 0.424. The number of benzene rings is 2. The number of nitrogens with zero attached hydrogens (tertiary/aromatic N) is 2. The van der Waals surface area contributed by atoms with Crippen LogP contribution in [-0.2, 0) is 24.3 Å². The lowest BCUT2D eigenvalue weighted by Gasteiger charge is -2.27. The molecule has 0 saturated carbocycles. The van der Waals surface area contributed by atoms with Crippen LogP contribution in [0.3, 0.4) is 0 Å². The van der Waals surface area contributed by atoms with Gasteiger partial charge in [0.25, 0.3) is 0 Å². The first-order valence-electron chi connectivity index (χ1n) is 10.3. The van der Waals surface area contributed by atoms with Gasteiger partial charge in [0.05, 0.1) is 10.2 Å². The number of carbonyl (C=O) groups is 1. The Labute approximate surface area is 184 Å². The minimum atomic E-state index is 0.0529. The lowest BCUT2D eigenvalue weighted by molar-refractivity contribution is -0.115. The van der Waals surface area contributed by atoms with Crippen LogP contribution >= 0.6 is 22.7 Å². The zero-order valence-electron chi connectivity index (χ0n) is 16.9. The molecule has 1 aliphatic rings. The van der Waals surface area contributed by atoms with Gasteiger partial charge in [-0.25, -0.2) is 4.98 Å². The summed E-state index contributed by atoms with van der Waals surface area (Å²) < 4.78 is 1.18. The van der Waals surface area contributed by atoms with Gasteiger partial charge >= 0.3 is 0 Å². The number of fused-ring (bicyclic) bond motifs is 2. The molecule has 0 bridgehead atoms. The maximum absolute atomic E-state index is 12.2. The Hall–Kier alpha value is -2.54. The van der Waals surface area contributed by atoms with Crippen molar-refractivity contribution in [2.45, 2.75) is 32.9 Å². The van der Waals surface area contributed by atoms with Gasteiger partial charge < -0.3 is 5.32 Å². The molecular weight excluding hydrogens is 410 g/mol. The summed E-state index contributed by atoms with van der Waals surface area (Å²) in [7, 11) is 0. The van der Waals surface area contributed by atoms with Crippen LogP contribution in [0.25, 0.3) is 20.8 Å². The third-order valence-electron chi connectivity index (χ3n) is 5.47. The predicted molar refractivity (Wildman–Crippen MR) is 126 cm³/mol. The van der Waals surface area contributed by atoms with E-state index in [9.17, 15) is 4.79 Å². The Kier molecular flexibility index (Phi) is 5.37. The fourth-order valence-electron chi connectivity index (χ4n) is 3.94. The molecule has 2 aromatic heterocycles. The average Bonchev–Trinajstić information content (AvgIpc) is 3.34. The van der Waals surface area contributed by atoms with E-state index in [1.54, 1.807) is 22.7 Å². The van der Waals surface area contributed by atoms with Crippen LogP contribution in [-0.4, -0.2) is 22.3 Å². The largest absolute Gasteiger partial charge is 0.317 e. The van der Waals surface area contributed by atoms with Gasteiger partial charge in [-0.3, -0.25) is 9.69 Å². The molecule has 4 nitrogen and oxygen atoms in total. The molecule has 0 unspecified atom stereocenters. The van der Waals surface area contributed by atoms with Crippen LogP contribution in [0.15, 0.2) is 54.6 Å². The van der Waals surface area contributed by atoms with Crippen LogP contribution < -0.4 is 5.32 Å². The highest BCUT2D eigenvalue weighted by molar-refractivity contribution is 7.22. The lowest BCUT2D eigenvalue weighted by atomic mass is 10.0. The zero-order chi connectivity index (χ0) is 20.5. The molecule has 1 N–H and O–H groups in total. The zero-order valence-corrected chi connectivity index (χ0v) is 18.5. The third kappa shape index (κ3) is 3.78. The molecule has 4 aromatic rings. The highest BCUT2D eigenvalue weighted by Crippen LogP contribution is 2.45. The molecule has 0 atom stereocenters. The number of aromatic nitrogens is 1. The van der Waals surface area contributed by atoms with Gasteiger partial charge in [-0.15, -0.1) is 22.7 Å². The normalized spacial score (nSPS) is 14.0. The second-order valence-electron chi connectivity index (χ2n) is 7.54. The van der Waals surface area contributed by atoms with Gasteiger partial charge in [0.1, 0.15) is 10.0 Å². The monoisotopic (exact) mass is 433 g/mol. The lowest BCUT2D eigenvalue weighted by Crippen LogP contribution is -2.29. The van der Waals surface area contributed by atoms with E-state index in [2.05, 4.69) is 58.7 Å². The van der Waals surface area contributed by atoms with Crippen molar-refractivity contribution in [3.8, 4) is 10.6 Å². The standard InChI is InChI=1S/C24H23N3OS2/c1-2-21(28)26-24-22(23-25-18-10-6-7-11-19(18)29-23)17-12-13-27(15-20(17)30-24)14-16-8-4-3-5-9-16/h3-11H,2,12-15H2,1H3,(H,26,28). The highest BCUT2D eigenvalue weighted by atomic mass is 32.1. The summed E-state index contributed by atoms with van der Waals surface area (Å²) in [5.74, 6) is 0.0529. The number of hydrogen-bond acceptors (Lipinski definition) is 5. The van der Waals surface area contributed by atoms with Crippen LogP contribution in [0, 0.1) is 0 Å². The third-order valence-corrected chi connectivity index (χ3v) is 7.65. The van der Waals surface area contributed by atoms with Gasteiger partial charge in [-0.05, 0) is 29.7 Å². The molecule has 1 amide bonds. The number of thiazole rings is 1. The first kappa shape index (κ1) is 19.4. The van der Waals surface area contributed by atoms with Crippen LogP contribution in [0.1, 0.15) is 29.3 Å².